The number of likely N-dealkylation sites (N-methyl/N-ethyl adjacent to an activating group) is 1. The molecule has 126 valence electrons. The molecule has 3 rings (SSSR count). The summed E-state index contributed by atoms with van der Waals surface area (Å²) in [4.78, 5) is 12.6. The van der Waals surface area contributed by atoms with Crippen molar-refractivity contribution in [1.29, 1.82) is 0 Å². The molecule has 0 fully saturated rings. The van der Waals surface area contributed by atoms with Gasteiger partial charge in [-0.05, 0) is 36.8 Å². The molecule has 0 aliphatic heterocycles. The first-order valence-corrected chi connectivity index (χ1v) is 9.22. The molecule has 0 aliphatic rings. The Morgan fingerprint density at radius 3 is 2.54 bits per heavy atom. The van der Waals surface area contributed by atoms with Crippen LogP contribution in [0.15, 0.2) is 47.3 Å². The van der Waals surface area contributed by atoms with Crippen LogP contribution in [0.2, 0.25) is 0 Å². The summed E-state index contributed by atoms with van der Waals surface area (Å²) < 4.78 is 8.90. The molecule has 0 unspecified atom stereocenters. The number of rotatable bonds is 6. The Morgan fingerprint density at radius 1 is 1.00 bits per heavy atom. The van der Waals surface area contributed by atoms with Gasteiger partial charge in [-0.2, -0.15) is 0 Å². The second-order valence-corrected chi connectivity index (χ2v) is 7.90. The van der Waals surface area contributed by atoms with Crippen LogP contribution in [0.5, 0.6) is 5.75 Å². The highest BCUT2D eigenvalue weighted by Gasteiger charge is 2.13. The lowest BCUT2D eigenvalue weighted by Crippen LogP contribution is -2.43. The standard InChI is InChI=1S/C20H24NO2S/c1-4-11-21(2,3)12-13-23-15-9-10-17-19(14-15)24-18-8-6-5-7-16(18)20(17)22/h5-10,14H,4,11-13H2,1-3H3/q+1. The molecule has 0 radical (unpaired) electrons. The predicted molar refractivity (Wildman–Crippen MR) is 103 cm³/mol. The normalized spacial score (nSPS) is 12.0. The maximum Gasteiger partial charge on any atom is 0.195 e. The van der Waals surface area contributed by atoms with Crippen molar-refractivity contribution in [2.45, 2.75) is 13.3 Å². The Kier molecular flexibility index (Phi) is 4.88. The van der Waals surface area contributed by atoms with Crippen molar-refractivity contribution in [3.05, 3.63) is 52.7 Å². The van der Waals surface area contributed by atoms with Crippen molar-refractivity contribution in [3.63, 3.8) is 0 Å². The molecule has 0 aliphatic carbocycles. The lowest BCUT2D eigenvalue weighted by molar-refractivity contribution is -0.890. The number of nitrogens with zero attached hydrogens (tertiary/aromatic N) is 1. The molecule has 3 nitrogen and oxygen atoms in total. The van der Waals surface area contributed by atoms with E-state index in [-0.39, 0.29) is 5.43 Å². The summed E-state index contributed by atoms with van der Waals surface area (Å²) in [6.45, 7) is 5.01. The summed E-state index contributed by atoms with van der Waals surface area (Å²) in [5, 5.41) is 1.57. The molecular weight excluding hydrogens is 318 g/mol. The van der Waals surface area contributed by atoms with E-state index >= 15 is 0 Å². The quantitative estimate of drug-likeness (QED) is 0.494. The Labute approximate surface area is 146 Å². The average molecular weight is 342 g/mol. The molecule has 0 atom stereocenters. The van der Waals surface area contributed by atoms with E-state index in [4.69, 9.17) is 4.74 Å². The zero-order valence-electron chi connectivity index (χ0n) is 14.5. The molecule has 4 heteroatoms. The van der Waals surface area contributed by atoms with Gasteiger partial charge in [0.1, 0.15) is 18.9 Å². The van der Waals surface area contributed by atoms with Gasteiger partial charge in [-0.3, -0.25) is 4.79 Å². The molecule has 0 saturated heterocycles. The van der Waals surface area contributed by atoms with Crippen LogP contribution in [0.25, 0.3) is 20.2 Å². The maximum atomic E-state index is 12.6. The van der Waals surface area contributed by atoms with Gasteiger partial charge in [0, 0.05) is 20.2 Å². The monoisotopic (exact) mass is 342 g/mol. The molecule has 2 aromatic carbocycles. The Hall–Kier alpha value is -1.91. The molecule has 0 saturated carbocycles. The second kappa shape index (κ2) is 6.91. The second-order valence-electron chi connectivity index (χ2n) is 6.82. The summed E-state index contributed by atoms with van der Waals surface area (Å²) in [6.07, 6.45) is 1.17. The third-order valence-corrected chi connectivity index (χ3v) is 5.48. The fraction of sp³-hybridized carbons (Fsp3) is 0.350. The fourth-order valence-electron chi connectivity index (χ4n) is 3.00. The Bertz CT molecular complexity index is 914. The van der Waals surface area contributed by atoms with Crippen LogP contribution in [0.4, 0.5) is 0 Å². The zero-order chi connectivity index (χ0) is 17.2. The van der Waals surface area contributed by atoms with Crippen molar-refractivity contribution in [1.82, 2.24) is 0 Å². The first kappa shape index (κ1) is 16.9. The van der Waals surface area contributed by atoms with Crippen LogP contribution < -0.4 is 10.2 Å². The van der Waals surface area contributed by atoms with Gasteiger partial charge in [0.2, 0.25) is 0 Å². The van der Waals surface area contributed by atoms with Crippen molar-refractivity contribution in [3.8, 4) is 5.75 Å². The van der Waals surface area contributed by atoms with Crippen LogP contribution in [0.1, 0.15) is 13.3 Å². The molecule has 3 aromatic rings. The van der Waals surface area contributed by atoms with Crippen LogP contribution >= 0.6 is 11.3 Å². The molecule has 24 heavy (non-hydrogen) atoms. The van der Waals surface area contributed by atoms with E-state index < -0.39 is 0 Å². The van der Waals surface area contributed by atoms with E-state index in [1.807, 2.05) is 42.5 Å². The summed E-state index contributed by atoms with van der Waals surface area (Å²) in [6, 6.07) is 13.6. The zero-order valence-corrected chi connectivity index (χ0v) is 15.4. The fourth-order valence-corrected chi connectivity index (χ4v) is 4.10. The maximum absolute atomic E-state index is 12.6. The van der Waals surface area contributed by atoms with Gasteiger partial charge in [-0.25, -0.2) is 0 Å². The molecule has 0 spiro atoms. The van der Waals surface area contributed by atoms with Crippen LogP contribution in [0.3, 0.4) is 0 Å². The number of quaternary nitrogens is 1. The highest BCUT2D eigenvalue weighted by molar-refractivity contribution is 7.24. The summed E-state index contributed by atoms with van der Waals surface area (Å²) >= 11 is 1.64. The smallest absolute Gasteiger partial charge is 0.195 e. The molecular formula is C20H24NO2S+. The van der Waals surface area contributed by atoms with Crippen LogP contribution in [0, 0.1) is 0 Å². The highest BCUT2D eigenvalue weighted by Crippen LogP contribution is 2.27. The number of hydrogen-bond donors (Lipinski definition) is 0. The van der Waals surface area contributed by atoms with E-state index in [0.29, 0.717) is 6.61 Å². The molecule has 0 bridgehead atoms. The number of benzene rings is 2. The molecule has 0 N–H and O–H groups in total. The topological polar surface area (TPSA) is 26.3 Å². The summed E-state index contributed by atoms with van der Waals surface area (Å²) in [5.41, 5.74) is 0.103. The molecule has 0 amide bonds. The third-order valence-electron chi connectivity index (χ3n) is 4.34. The van der Waals surface area contributed by atoms with Gasteiger partial charge in [0.25, 0.3) is 0 Å². The molecule has 1 aromatic heterocycles. The van der Waals surface area contributed by atoms with Gasteiger partial charge in [0.05, 0.1) is 20.6 Å². The minimum atomic E-state index is 0.103. The van der Waals surface area contributed by atoms with E-state index in [1.54, 1.807) is 11.3 Å². The van der Waals surface area contributed by atoms with Crippen LogP contribution in [-0.2, 0) is 0 Å². The lowest BCUT2D eigenvalue weighted by Gasteiger charge is -2.29. The largest absolute Gasteiger partial charge is 0.488 e. The van der Waals surface area contributed by atoms with E-state index in [9.17, 15) is 4.79 Å². The van der Waals surface area contributed by atoms with Crippen molar-refractivity contribution < 1.29 is 9.22 Å². The van der Waals surface area contributed by atoms with E-state index in [0.717, 1.165) is 43.5 Å². The van der Waals surface area contributed by atoms with Gasteiger partial charge >= 0.3 is 0 Å². The highest BCUT2D eigenvalue weighted by atomic mass is 32.1. The van der Waals surface area contributed by atoms with Crippen molar-refractivity contribution in [2.24, 2.45) is 0 Å². The number of fused-ring (bicyclic) bond motifs is 2. The third kappa shape index (κ3) is 3.60. The minimum Gasteiger partial charge on any atom is -0.488 e. The Balaban J connectivity index is 1.84. The van der Waals surface area contributed by atoms with E-state index in [1.165, 1.54) is 6.42 Å². The van der Waals surface area contributed by atoms with Crippen LogP contribution in [-0.4, -0.2) is 38.3 Å². The summed E-state index contributed by atoms with van der Waals surface area (Å²) in [7, 11) is 4.45. The van der Waals surface area contributed by atoms with Crippen molar-refractivity contribution >= 4 is 31.5 Å². The molecule has 1 heterocycles. The van der Waals surface area contributed by atoms with Gasteiger partial charge in [-0.15, -0.1) is 11.3 Å². The number of ether oxygens (including phenoxy) is 1. The first-order valence-electron chi connectivity index (χ1n) is 8.40. The lowest BCUT2D eigenvalue weighted by atomic mass is 10.2. The predicted octanol–water partition coefficient (Wildman–Crippen LogP) is 4.28. The first-order chi connectivity index (χ1) is 11.5. The van der Waals surface area contributed by atoms with Crippen molar-refractivity contribution in [2.75, 3.05) is 33.8 Å². The average Bonchev–Trinajstić information content (AvgIpc) is 2.54. The van der Waals surface area contributed by atoms with E-state index in [2.05, 4.69) is 21.0 Å². The minimum absolute atomic E-state index is 0.103. The van der Waals surface area contributed by atoms with Gasteiger partial charge < -0.3 is 9.22 Å². The Morgan fingerprint density at radius 2 is 1.75 bits per heavy atom. The SMILES string of the molecule is CCC[N+](C)(C)CCOc1ccc2c(=O)c3ccccc3sc2c1. The van der Waals surface area contributed by atoms with Gasteiger partial charge in [0.15, 0.2) is 5.43 Å². The summed E-state index contributed by atoms with van der Waals surface area (Å²) in [5.74, 6) is 0.838. The number of hydrogen-bond acceptors (Lipinski definition) is 3. The van der Waals surface area contributed by atoms with Gasteiger partial charge in [-0.1, -0.05) is 19.1 Å².